The Balaban J connectivity index is 1.64. The number of hydrogen-bond acceptors (Lipinski definition) is 4. The van der Waals surface area contributed by atoms with E-state index in [0.29, 0.717) is 12.5 Å². The van der Waals surface area contributed by atoms with E-state index in [9.17, 15) is 0 Å². The maximum Gasteiger partial charge on any atom is 0.171 e. The lowest BCUT2D eigenvalue weighted by atomic mass is 9.89. The van der Waals surface area contributed by atoms with E-state index < -0.39 is 11.6 Å². The fraction of sp³-hybridized carbons (Fsp3) is 1.00. The summed E-state index contributed by atoms with van der Waals surface area (Å²) < 4.78 is 23.8. The van der Waals surface area contributed by atoms with Crippen LogP contribution >= 0.6 is 0 Å². The molecule has 18 heavy (non-hydrogen) atoms. The third kappa shape index (κ3) is 2.31. The average Bonchev–Trinajstić information content (AvgIpc) is 2.63. The van der Waals surface area contributed by atoms with Crippen LogP contribution in [0.25, 0.3) is 0 Å². The smallest absolute Gasteiger partial charge is 0.171 e. The third-order valence-electron chi connectivity index (χ3n) is 4.40. The van der Waals surface area contributed by atoms with Gasteiger partial charge in [0.05, 0.1) is 19.3 Å². The molecule has 4 atom stereocenters. The van der Waals surface area contributed by atoms with Crippen LogP contribution < -0.4 is 0 Å². The molecule has 0 aromatic rings. The molecule has 0 aromatic heterocycles. The second kappa shape index (κ2) is 4.44. The summed E-state index contributed by atoms with van der Waals surface area (Å²) in [6.07, 6.45) is 4.35. The van der Waals surface area contributed by atoms with Gasteiger partial charge in [-0.05, 0) is 26.2 Å². The molecule has 0 aromatic carbocycles. The van der Waals surface area contributed by atoms with Crippen molar-refractivity contribution in [2.45, 2.75) is 70.2 Å². The predicted octanol–water partition coefficient (Wildman–Crippen LogP) is 2.46. The molecule has 3 rings (SSSR count). The van der Waals surface area contributed by atoms with Crippen LogP contribution in [-0.4, -0.2) is 37.0 Å². The molecule has 0 aliphatic carbocycles. The van der Waals surface area contributed by atoms with Gasteiger partial charge >= 0.3 is 0 Å². The van der Waals surface area contributed by atoms with Crippen LogP contribution in [0.3, 0.4) is 0 Å². The van der Waals surface area contributed by atoms with E-state index in [0.717, 1.165) is 19.4 Å². The van der Waals surface area contributed by atoms with Crippen molar-refractivity contribution in [3.63, 3.8) is 0 Å². The SMILES string of the molecule is CC[C@H]1CC[C@@]2(C[C@@H]3OC(C)(C)O[C@@H]3CO2)OC1. The van der Waals surface area contributed by atoms with Crippen molar-refractivity contribution in [3.8, 4) is 0 Å². The van der Waals surface area contributed by atoms with Gasteiger partial charge in [0.25, 0.3) is 0 Å². The molecule has 0 unspecified atom stereocenters. The van der Waals surface area contributed by atoms with Crippen LogP contribution in [-0.2, 0) is 18.9 Å². The van der Waals surface area contributed by atoms with Crippen LogP contribution in [0.1, 0.15) is 46.5 Å². The van der Waals surface area contributed by atoms with E-state index in [2.05, 4.69) is 6.92 Å². The van der Waals surface area contributed by atoms with Crippen molar-refractivity contribution in [3.05, 3.63) is 0 Å². The molecule has 0 radical (unpaired) electrons. The Morgan fingerprint density at radius 2 is 1.78 bits per heavy atom. The first kappa shape index (κ1) is 12.9. The summed E-state index contributed by atoms with van der Waals surface area (Å²) in [5, 5.41) is 0. The molecule has 4 nitrogen and oxygen atoms in total. The van der Waals surface area contributed by atoms with Gasteiger partial charge in [0.2, 0.25) is 0 Å². The van der Waals surface area contributed by atoms with Gasteiger partial charge in [-0.1, -0.05) is 13.3 Å². The summed E-state index contributed by atoms with van der Waals surface area (Å²) in [6.45, 7) is 7.56. The number of rotatable bonds is 1. The summed E-state index contributed by atoms with van der Waals surface area (Å²) in [5.41, 5.74) is 0. The first-order valence-electron chi connectivity index (χ1n) is 7.15. The Kier molecular flexibility index (Phi) is 3.17. The van der Waals surface area contributed by atoms with Crippen molar-refractivity contribution < 1.29 is 18.9 Å². The molecule has 3 aliphatic heterocycles. The van der Waals surface area contributed by atoms with Crippen molar-refractivity contribution in [1.82, 2.24) is 0 Å². The molecule has 1 spiro atoms. The van der Waals surface area contributed by atoms with Crippen LogP contribution in [0.4, 0.5) is 0 Å². The highest BCUT2D eigenvalue weighted by Gasteiger charge is 2.52. The molecule has 3 heterocycles. The van der Waals surface area contributed by atoms with Crippen molar-refractivity contribution in [2.75, 3.05) is 13.2 Å². The van der Waals surface area contributed by atoms with Gasteiger partial charge < -0.3 is 18.9 Å². The van der Waals surface area contributed by atoms with Gasteiger partial charge in [-0.3, -0.25) is 0 Å². The number of fused-ring (bicyclic) bond motifs is 1. The van der Waals surface area contributed by atoms with Gasteiger partial charge in [-0.2, -0.15) is 0 Å². The van der Waals surface area contributed by atoms with E-state index in [1.807, 2.05) is 13.8 Å². The van der Waals surface area contributed by atoms with Crippen molar-refractivity contribution >= 4 is 0 Å². The Morgan fingerprint density at radius 3 is 2.44 bits per heavy atom. The summed E-state index contributed by atoms with van der Waals surface area (Å²) in [6, 6.07) is 0. The highest BCUT2D eigenvalue weighted by Crippen LogP contribution is 2.43. The largest absolute Gasteiger partial charge is 0.350 e. The van der Waals surface area contributed by atoms with Gasteiger partial charge in [0, 0.05) is 12.8 Å². The second-order valence-electron chi connectivity index (χ2n) is 6.26. The number of hydrogen-bond donors (Lipinski definition) is 0. The zero-order valence-corrected chi connectivity index (χ0v) is 11.6. The maximum atomic E-state index is 6.03. The minimum Gasteiger partial charge on any atom is -0.350 e. The lowest BCUT2D eigenvalue weighted by Gasteiger charge is -2.44. The van der Waals surface area contributed by atoms with Gasteiger partial charge in [0.15, 0.2) is 11.6 Å². The van der Waals surface area contributed by atoms with E-state index >= 15 is 0 Å². The molecule has 0 N–H and O–H groups in total. The lowest BCUT2D eigenvalue weighted by Crippen LogP contribution is -2.52. The van der Waals surface area contributed by atoms with Crippen molar-refractivity contribution in [1.29, 1.82) is 0 Å². The third-order valence-corrected chi connectivity index (χ3v) is 4.40. The number of ether oxygens (including phenoxy) is 4. The zero-order chi connectivity index (χ0) is 12.8. The van der Waals surface area contributed by atoms with Crippen LogP contribution in [0, 0.1) is 5.92 Å². The highest BCUT2D eigenvalue weighted by molar-refractivity contribution is 4.92. The quantitative estimate of drug-likeness (QED) is 0.722. The molecule has 104 valence electrons. The molecular formula is C14H24O4. The van der Waals surface area contributed by atoms with Gasteiger partial charge in [0.1, 0.15) is 6.10 Å². The molecule has 4 heteroatoms. The first-order valence-corrected chi connectivity index (χ1v) is 7.15. The Morgan fingerprint density at radius 1 is 1.06 bits per heavy atom. The summed E-state index contributed by atoms with van der Waals surface area (Å²) in [4.78, 5) is 0. The molecule has 3 aliphatic rings. The van der Waals surface area contributed by atoms with Crippen molar-refractivity contribution in [2.24, 2.45) is 5.92 Å². The van der Waals surface area contributed by atoms with E-state index in [1.54, 1.807) is 0 Å². The lowest BCUT2D eigenvalue weighted by molar-refractivity contribution is -0.300. The normalized spacial score (nSPS) is 47.2. The molecule has 3 saturated heterocycles. The monoisotopic (exact) mass is 256 g/mol. The van der Waals surface area contributed by atoms with E-state index in [1.165, 1.54) is 12.8 Å². The minimum atomic E-state index is -0.481. The van der Waals surface area contributed by atoms with E-state index in [4.69, 9.17) is 18.9 Å². The van der Waals surface area contributed by atoms with E-state index in [-0.39, 0.29) is 12.2 Å². The maximum absolute atomic E-state index is 6.03. The minimum absolute atomic E-state index is 0.0677. The molecule has 3 fully saturated rings. The first-order chi connectivity index (χ1) is 8.52. The second-order valence-corrected chi connectivity index (χ2v) is 6.26. The molecule has 0 amide bonds. The average molecular weight is 256 g/mol. The molecule has 0 bridgehead atoms. The topological polar surface area (TPSA) is 36.9 Å². The molecular weight excluding hydrogens is 232 g/mol. The Labute approximate surface area is 109 Å². The summed E-state index contributed by atoms with van der Waals surface area (Å²) >= 11 is 0. The fourth-order valence-corrected chi connectivity index (χ4v) is 3.27. The summed E-state index contributed by atoms with van der Waals surface area (Å²) in [5.74, 6) is -0.198. The van der Waals surface area contributed by atoms with Gasteiger partial charge in [-0.25, -0.2) is 0 Å². The predicted molar refractivity (Wildman–Crippen MR) is 66.1 cm³/mol. The van der Waals surface area contributed by atoms with Crippen LogP contribution in [0.15, 0.2) is 0 Å². The van der Waals surface area contributed by atoms with Crippen LogP contribution in [0.5, 0.6) is 0 Å². The fourth-order valence-electron chi connectivity index (χ4n) is 3.27. The Bertz CT molecular complexity index is 307. The zero-order valence-electron chi connectivity index (χ0n) is 11.6. The standard InChI is InChI=1S/C14H24O4/c1-4-10-5-6-14(15-8-10)7-11-12(9-16-14)18-13(2,3)17-11/h10-12H,4-9H2,1-3H3/t10-,11-,12+,14+/m0/s1. The Hall–Kier alpha value is -0.160. The summed E-state index contributed by atoms with van der Waals surface area (Å²) in [7, 11) is 0. The van der Waals surface area contributed by atoms with Gasteiger partial charge in [-0.15, -0.1) is 0 Å². The molecule has 0 saturated carbocycles. The van der Waals surface area contributed by atoms with Crippen LogP contribution in [0.2, 0.25) is 0 Å². The highest BCUT2D eigenvalue weighted by atomic mass is 16.8.